The molecule has 6 heteroatoms. The fraction of sp³-hybridized carbons (Fsp3) is 0.364. The molecule has 0 saturated carbocycles. The number of nitrogens with zero attached hydrogens (tertiary/aromatic N) is 1. The topological polar surface area (TPSA) is 78.9 Å². The first-order valence-electron chi connectivity index (χ1n) is 9.60. The molecule has 0 radical (unpaired) electrons. The van der Waals surface area contributed by atoms with Crippen molar-refractivity contribution in [3.8, 4) is 5.75 Å². The van der Waals surface area contributed by atoms with Crippen LogP contribution in [0, 0.1) is 0 Å². The smallest absolute Gasteiger partial charge is 0.325 e. The molecule has 4 rings (SSSR count). The van der Waals surface area contributed by atoms with E-state index < -0.39 is 17.7 Å². The largest absolute Gasteiger partial charge is 0.491 e. The van der Waals surface area contributed by atoms with Gasteiger partial charge in [-0.1, -0.05) is 36.4 Å². The van der Waals surface area contributed by atoms with E-state index in [-0.39, 0.29) is 19.1 Å². The van der Waals surface area contributed by atoms with Gasteiger partial charge in [0.25, 0.3) is 5.91 Å². The van der Waals surface area contributed by atoms with Crippen molar-refractivity contribution >= 4 is 11.9 Å². The average molecular weight is 380 g/mol. The highest BCUT2D eigenvalue weighted by Crippen LogP contribution is 2.32. The van der Waals surface area contributed by atoms with Crippen molar-refractivity contribution in [2.24, 2.45) is 0 Å². The number of ether oxygens (including phenoxy) is 1. The maximum atomic E-state index is 13.0. The van der Waals surface area contributed by atoms with Gasteiger partial charge in [-0.2, -0.15) is 0 Å². The van der Waals surface area contributed by atoms with Crippen LogP contribution < -0.4 is 10.1 Å². The van der Waals surface area contributed by atoms with E-state index in [1.165, 1.54) is 11.1 Å². The quantitative estimate of drug-likeness (QED) is 0.755. The summed E-state index contributed by atoms with van der Waals surface area (Å²) in [6.45, 7) is 1.60. The van der Waals surface area contributed by atoms with Crippen molar-refractivity contribution in [2.75, 3.05) is 13.2 Å². The van der Waals surface area contributed by atoms with Crippen LogP contribution in [0.15, 0.2) is 48.5 Å². The number of hydrogen-bond acceptors (Lipinski definition) is 4. The zero-order valence-corrected chi connectivity index (χ0v) is 15.9. The molecule has 1 aliphatic heterocycles. The molecule has 1 fully saturated rings. The van der Waals surface area contributed by atoms with E-state index in [4.69, 9.17) is 4.74 Å². The number of carbonyl (C=O) groups excluding carboxylic acids is 2. The Morgan fingerprint density at radius 3 is 2.68 bits per heavy atom. The van der Waals surface area contributed by atoms with Crippen molar-refractivity contribution in [3.05, 3.63) is 65.2 Å². The third-order valence-corrected chi connectivity index (χ3v) is 5.53. The van der Waals surface area contributed by atoms with Crippen molar-refractivity contribution in [1.82, 2.24) is 10.2 Å². The minimum Gasteiger partial charge on any atom is -0.491 e. The molecule has 2 aromatic rings. The minimum absolute atomic E-state index is 0.00334. The third-order valence-electron chi connectivity index (χ3n) is 5.53. The Hall–Kier alpha value is -2.86. The number of para-hydroxylation sites is 1. The lowest BCUT2D eigenvalue weighted by molar-refractivity contribution is -0.132. The molecule has 3 amide bonds. The van der Waals surface area contributed by atoms with E-state index >= 15 is 0 Å². The van der Waals surface area contributed by atoms with Gasteiger partial charge in [-0.25, -0.2) is 4.79 Å². The van der Waals surface area contributed by atoms with Crippen LogP contribution in [0.5, 0.6) is 5.75 Å². The Balaban J connectivity index is 1.44. The second-order valence-corrected chi connectivity index (χ2v) is 7.59. The van der Waals surface area contributed by atoms with Crippen molar-refractivity contribution < 1.29 is 19.4 Å². The van der Waals surface area contributed by atoms with Gasteiger partial charge < -0.3 is 15.2 Å². The first-order valence-corrected chi connectivity index (χ1v) is 9.60. The number of imide groups is 1. The summed E-state index contributed by atoms with van der Waals surface area (Å²) in [7, 11) is 0. The van der Waals surface area contributed by atoms with Crippen LogP contribution in [0.1, 0.15) is 30.0 Å². The molecule has 28 heavy (non-hydrogen) atoms. The summed E-state index contributed by atoms with van der Waals surface area (Å²) in [5.74, 6) is 0.274. The summed E-state index contributed by atoms with van der Waals surface area (Å²) in [6, 6.07) is 14.6. The zero-order chi connectivity index (χ0) is 19.7. The number of benzene rings is 2. The first kappa shape index (κ1) is 18.5. The predicted molar refractivity (Wildman–Crippen MR) is 104 cm³/mol. The number of hydrogen-bond donors (Lipinski definition) is 2. The lowest BCUT2D eigenvalue weighted by Gasteiger charge is -2.24. The van der Waals surface area contributed by atoms with Crippen LogP contribution in [-0.4, -0.2) is 41.2 Å². The van der Waals surface area contributed by atoms with Crippen LogP contribution in [0.2, 0.25) is 0 Å². The lowest BCUT2D eigenvalue weighted by Crippen LogP contribution is -2.42. The minimum atomic E-state index is -1.12. The number of urea groups is 1. The molecule has 0 bridgehead atoms. The van der Waals surface area contributed by atoms with Gasteiger partial charge in [-0.3, -0.25) is 9.69 Å². The van der Waals surface area contributed by atoms with E-state index in [2.05, 4.69) is 5.32 Å². The van der Waals surface area contributed by atoms with Crippen molar-refractivity contribution in [2.45, 2.75) is 37.8 Å². The second-order valence-electron chi connectivity index (χ2n) is 7.59. The highest BCUT2D eigenvalue weighted by Gasteiger charge is 2.49. The summed E-state index contributed by atoms with van der Waals surface area (Å²) in [5.41, 5.74) is 2.23. The number of rotatable bonds is 6. The zero-order valence-electron chi connectivity index (χ0n) is 15.9. The Bertz CT molecular complexity index is 899. The molecule has 1 saturated heterocycles. The fourth-order valence-corrected chi connectivity index (χ4v) is 3.91. The monoisotopic (exact) mass is 380 g/mol. The Morgan fingerprint density at radius 2 is 1.89 bits per heavy atom. The number of aliphatic hydroxyl groups excluding tert-OH is 1. The molecule has 1 aliphatic carbocycles. The standard InChI is InChI=1S/C22H24N2O4/c1-22(17-11-10-15-6-5-7-16(15)12-17)20(26)24(21(27)23-22)13-18(25)14-28-19-8-3-2-4-9-19/h2-4,8-12,18,25H,5-7,13-14H2,1H3,(H,23,27)/t18-,22-/m1/s1. The summed E-state index contributed by atoms with van der Waals surface area (Å²) >= 11 is 0. The maximum Gasteiger partial charge on any atom is 0.325 e. The van der Waals surface area contributed by atoms with Crippen LogP contribution in [-0.2, 0) is 23.2 Å². The molecular weight excluding hydrogens is 356 g/mol. The van der Waals surface area contributed by atoms with Gasteiger partial charge in [0.1, 0.15) is 24.0 Å². The summed E-state index contributed by atoms with van der Waals surface area (Å²) in [4.78, 5) is 26.6. The molecule has 2 N–H and O–H groups in total. The first-order chi connectivity index (χ1) is 13.5. The molecule has 2 aromatic carbocycles. The van der Waals surface area contributed by atoms with E-state index in [9.17, 15) is 14.7 Å². The Morgan fingerprint density at radius 1 is 1.14 bits per heavy atom. The summed E-state index contributed by atoms with van der Waals surface area (Å²) < 4.78 is 5.52. The molecule has 2 atom stereocenters. The number of amides is 3. The Labute approximate surface area is 164 Å². The van der Waals surface area contributed by atoms with Gasteiger partial charge in [0.05, 0.1) is 6.54 Å². The molecule has 0 unspecified atom stereocenters. The van der Waals surface area contributed by atoms with E-state index in [0.717, 1.165) is 29.7 Å². The van der Waals surface area contributed by atoms with Crippen LogP contribution in [0.25, 0.3) is 0 Å². The SMILES string of the molecule is C[C@]1(c2ccc3c(c2)CCC3)NC(=O)N(C[C@@H](O)COc2ccccc2)C1=O. The summed E-state index contributed by atoms with van der Waals surface area (Å²) in [5, 5.41) is 13.1. The predicted octanol–water partition coefficient (Wildman–Crippen LogP) is 2.38. The summed E-state index contributed by atoms with van der Waals surface area (Å²) in [6.07, 6.45) is 2.21. The van der Waals surface area contributed by atoms with Gasteiger partial charge in [0.15, 0.2) is 0 Å². The maximum absolute atomic E-state index is 13.0. The third kappa shape index (κ3) is 3.36. The van der Waals surface area contributed by atoms with Crippen LogP contribution in [0.4, 0.5) is 4.79 Å². The van der Waals surface area contributed by atoms with Gasteiger partial charge in [-0.05, 0) is 55.0 Å². The fourth-order valence-electron chi connectivity index (χ4n) is 3.91. The Kier molecular flexibility index (Phi) is 4.81. The van der Waals surface area contributed by atoms with Crippen LogP contribution >= 0.6 is 0 Å². The lowest BCUT2D eigenvalue weighted by atomic mass is 9.89. The highest BCUT2D eigenvalue weighted by atomic mass is 16.5. The van der Waals surface area contributed by atoms with Gasteiger partial charge in [-0.15, -0.1) is 0 Å². The molecule has 0 spiro atoms. The number of nitrogens with one attached hydrogen (secondary N) is 1. The molecule has 6 nitrogen and oxygen atoms in total. The highest BCUT2D eigenvalue weighted by molar-refractivity contribution is 6.07. The van der Waals surface area contributed by atoms with E-state index in [1.807, 2.05) is 36.4 Å². The van der Waals surface area contributed by atoms with Crippen molar-refractivity contribution in [3.63, 3.8) is 0 Å². The van der Waals surface area contributed by atoms with E-state index in [0.29, 0.717) is 5.75 Å². The number of aliphatic hydroxyl groups is 1. The van der Waals surface area contributed by atoms with Crippen LogP contribution in [0.3, 0.4) is 0 Å². The van der Waals surface area contributed by atoms with E-state index in [1.54, 1.807) is 19.1 Å². The number of aryl methyl sites for hydroxylation is 2. The average Bonchev–Trinajstić information content (AvgIpc) is 3.25. The number of carbonyl (C=O) groups is 2. The number of fused-ring (bicyclic) bond motifs is 1. The van der Waals surface area contributed by atoms with Gasteiger partial charge in [0, 0.05) is 0 Å². The molecular formula is C22H24N2O4. The van der Waals surface area contributed by atoms with Gasteiger partial charge in [0.2, 0.25) is 0 Å². The molecule has 2 aliphatic rings. The van der Waals surface area contributed by atoms with Gasteiger partial charge >= 0.3 is 6.03 Å². The number of β-amino-alcohol motifs (C(OH)–C–C–N with tert-alkyl or cyclic N) is 1. The molecule has 1 heterocycles. The normalized spacial score (nSPS) is 22.1. The van der Waals surface area contributed by atoms with Crippen molar-refractivity contribution in [1.29, 1.82) is 0 Å². The molecule has 0 aromatic heterocycles. The molecule has 146 valence electrons. The second kappa shape index (κ2) is 7.28.